The summed E-state index contributed by atoms with van der Waals surface area (Å²) in [6, 6.07) is 10.6. The van der Waals surface area contributed by atoms with Gasteiger partial charge in [0.25, 0.3) is 0 Å². The quantitative estimate of drug-likeness (QED) is 0.474. The second kappa shape index (κ2) is 6.39. The van der Waals surface area contributed by atoms with Crippen LogP contribution in [0.1, 0.15) is 26.4 Å². The van der Waals surface area contributed by atoms with E-state index in [1.807, 2.05) is 29.0 Å². The molecular weight excluding hydrogens is 254 g/mol. The Labute approximate surface area is 117 Å². The van der Waals surface area contributed by atoms with Gasteiger partial charge >= 0.3 is 5.97 Å². The second-order valence-corrected chi connectivity index (χ2v) is 4.16. The van der Waals surface area contributed by atoms with Crippen LogP contribution in [0.25, 0.3) is 0 Å². The number of aromatic nitrogens is 1. The van der Waals surface area contributed by atoms with Crippen molar-refractivity contribution >= 4 is 12.3 Å². The Morgan fingerprint density at radius 1 is 1.30 bits per heavy atom. The van der Waals surface area contributed by atoms with Crippen molar-refractivity contribution in [2.75, 3.05) is 6.61 Å². The van der Waals surface area contributed by atoms with E-state index in [9.17, 15) is 9.59 Å². The van der Waals surface area contributed by atoms with Gasteiger partial charge in [-0.25, -0.2) is 4.79 Å². The van der Waals surface area contributed by atoms with E-state index in [2.05, 4.69) is 5.92 Å². The summed E-state index contributed by atoms with van der Waals surface area (Å²) in [5, 5.41) is 0. The molecule has 4 nitrogen and oxygen atoms in total. The fourth-order valence-electron chi connectivity index (χ4n) is 1.81. The van der Waals surface area contributed by atoms with Gasteiger partial charge < -0.3 is 9.30 Å². The highest BCUT2D eigenvalue weighted by atomic mass is 16.5. The molecule has 0 amide bonds. The van der Waals surface area contributed by atoms with Crippen LogP contribution in [0.3, 0.4) is 0 Å². The van der Waals surface area contributed by atoms with E-state index in [1.54, 1.807) is 18.2 Å². The fourth-order valence-corrected chi connectivity index (χ4v) is 1.81. The molecule has 0 fully saturated rings. The lowest BCUT2D eigenvalue weighted by atomic mass is 10.1. The van der Waals surface area contributed by atoms with Crippen molar-refractivity contribution < 1.29 is 14.3 Å². The lowest BCUT2D eigenvalue weighted by molar-refractivity contribution is 0.0556. The molecule has 0 aliphatic rings. The van der Waals surface area contributed by atoms with Gasteiger partial charge in [0.15, 0.2) is 12.9 Å². The number of rotatable bonds is 5. The van der Waals surface area contributed by atoms with Gasteiger partial charge in [-0.2, -0.15) is 0 Å². The summed E-state index contributed by atoms with van der Waals surface area (Å²) in [5.41, 5.74) is 2.05. The van der Waals surface area contributed by atoms with Gasteiger partial charge in [-0.1, -0.05) is 18.1 Å². The molecule has 2 aromatic rings. The third-order valence-electron chi connectivity index (χ3n) is 2.81. The van der Waals surface area contributed by atoms with Crippen molar-refractivity contribution in [3.63, 3.8) is 0 Å². The van der Waals surface area contributed by atoms with Crippen molar-refractivity contribution in [3.8, 4) is 12.3 Å². The molecule has 100 valence electrons. The Hall–Kier alpha value is -2.80. The van der Waals surface area contributed by atoms with E-state index in [0.29, 0.717) is 17.8 Å². The Morgan fingerprint density at radius 2 is 2.05 bits per heavy atom. The number of carbonyl (C=O) groups excluding carboxylic acids is 2. The maximum absolute atomic E-state index is 11.6. The summed E-state index contributed by atoms with van der Waals surface area (Å²) >= 11 is 0. The average Bonchev–Trinajstić information content (AvgIpc) is 2.92. The van der Waals surface area contributed by atoms with Crippen molar-refractivity contribution in [2.24, 2.45) is 0 Å². The first-order valence-corrected chi connectivity index (χ1v) is 6.04. The first-order valence-electron chi connectivity index (χ1n) is 6.04. The molecule has 0 radical (unpaired) electrons. The largest absolute Gasteiger partial charge is 0.449 e. The molecule has 20 heavy (non-hydrogen) atoms. The highest BCUT2D eigenvalue weighted by Gasteiger charge is 2.06. The van der Waals surface area contributed by atoms with Gasteiger partial charge in [0.05, 0.1) is 11.3 Å². The molecule has 0 saturated heterocycles. The normalized spacial score (nSPS) is 9.75. The maximum Gasteiger partial charge on any atom is 0.339 e. The molecule has 0 bridgehead atoms. The van der Waals surface area contributed by atoms with Crippen LogP contribution in [0.5, 0.6) is 0 Å². The Kier molecular flexibility index (Phi) is 4.35. The second-order valence-electron chi connectivity index (χ2n) is 4.16. The van der Waals surface area contributed by atoms with Crippen molar-refractivity contribution in [1.29, 1.82) is 0 Å². The third-order valence-corrected chi connectivity index (χ3v) is 2.81. The standard InChI is InChI=1S/C16H13NO3/c1-2-10-20-16(19)14-7-5-13(6-8-14)11-17-9-3-4-15(17)12-18/h1,3-9,12H,10-11H2. The molecule has 0 aliphatic heterocycles. The highest BCUT2D eigenvalue weighted by Crippen LogP contribution is 2.09. The molecule has 1 heterocycles. The Morgan fingerprint density at radius 3 is 2.70 bits per heavy atom. The van der Waals surface area contributed by atoms with Crippen molar-refractivity contribution in [1.82, 2.24) is 4.57 Å². The number of aldehydes is 1. The van der Waals surface area contributed by atoms with Crippen LogP contribution in [0.4, 0.5) is 0 Å². The first-order chi connectivity index (χ1) is 9.74. The lowest BCUT2D eigenvalue weighted by Crippen LogP contribution is -2.06. The number of esters is 1. The molecule has 1 aromatic carbocycles. The Balaban J connectivity index is 2.07. The zero-order valence-electron chi connectivity index (χ0n) is 10.8. The molecule has 0 spiro atoms. The third kappa shape index (κ3) is 3.15. The van der Waals surface area contributed by atoms with Crippen LogP contribution in [0, 0.1) is 12.3 Å². The minimum Gasteiger partial charge on any atom is -0.449 e. The van der Waals surface area contributed by atoms with Gasteiger partial charge in [0.1, 0.15) is 0 Å². The number of terminal acetylenes is 1. The Bertz CT molecular complexity index is 647. The number of hydrogen-bond acceptors (Lipinski definition) is 3. The molecule has 0 unspecified atom stereocenters. The molecular formula is C16H13NO3. The van der Waals surface area contributed by atoms with E-state index < -0.39 is 5.97 Å². The summed E-state index contributed by atoms with van der Waals surface area (Å²) in [5.74, 6) is 1.80. The van der Waals surface area contributed by atoms with Gasteiger partial charge in [-0.3, -0.25) is 4.79 Å². The number of benzene rings is 1. The van der Waals surface area contributed by atoms with Crippen LogP contribution in [-0.2, 0) is 11.3 Å². The summed E-state index contributed by atoms with van der Waals surface area (Å²) in [4.78, 5) is 22.4. The average molecular weight is 267 g/mol. The smallest absolute Gasteiger partial charge is 0.339 e. The topological polar surface area (TPSA) is 48.3 Å². The fraction of sp³-hybridized carbons (Fsp3) is 0.125. The van der Waals surface area contributed by atoms with Crippen LogP contribution in [0.2, 0.25) is 0 Å². The molecule has 4 heteroatoms. The van der Waals surface area contributed by atoms with Gasteiger partial charge in [-0.15, -0.1) is 6.42 Å². The minimum absolute atomic E-state index is 0.0351. The van der Waals surface area contributed by atoms with Gasteiger partial charge in [0.2, 0.25) is 0 Å². The first kappa shape index (κ1) is 13.6. The van der Waals surface area contributed by atoms with Crippen LogP contribution >= 0.6 is 0 Å². The SMILES string of the molecule is C#CCOC(=O)c1ccc(Cn2cccc2C=O)cc1. The van der Waals surface area contributed by atoms with Crippen molar-refractivity contribution in [3.05, 3.63) is 59.4 Å². The summed E-state index contributed by atoms with van der Waals surface area (Å²) in [6.07, 6.45) is 7.67. The van der Waals surface area contributed by atoms with Gasteiger partial charge in [-0.05, 0) is 29.8 Å². The number of ether oxygens (including phenoxy) is 1. The number of hydrogen-bond donors (Lipinski definition) is 0. The van der Waals surface area contributed by atoms with E-state index >= 15 is 0 Å². The monoisotopic (exact) mass is 267 g/mol. The number of carbonyl (C=O) groups is 2. The zero-order chi connectivity index (χ0) is 14.4. The zero-order valence-corrected chi connectivity index (χ0v) is 10.8. The van der Waals surface area contributed by atoms with Crippen LogP contribution < -0.4 is 0 Å². The molecule has 2 rings (SSSR count). The predicted octanol–water partition coefficient (Wildman–Crippen LogP) is 2.14. The molecule has 0 saturated carbocycles. The van der Waals surface area contributed by atoms with E-state index in [-0.39, 0.29) is 6.61 Å². The lowest BCUT2D eigenvalue weighted by Gasteiger charge is -2.06. The van der Waals surface area contributed by atoms with E-state index in [4.69, 9.17) is 11.2 Å². The van der Waals surface area contributed by atoms with Gasteiger partial charge in [0, 0.05) is 12.7 Å². The number of nitrogens with zero attached hydrogens (tertiary/aromatic N) is 1. The summed E-state index contributed by atoms with van der Waals surface area (Å²) in [6.45, 7) is 0.535. The maximum atomic E-state index is 11.6. The van der Waals surface area contributed by atoms with Crippen LogP contribution in [0.15, 0.2) is 42.6 Å². The summed E-state index contributed by atoms with van der Waals surface area (Å²) in [7, 11) is 0. The molecule has 0 aliphatic carbocycles. The van der Waals surface area contributed by atoms with Crippen LogP contribution in [-0.4, -0.2) is 23.4 Å². The van der Waals surface area contributed by atoms with E-state index in [0.717, 1.165) is 11.8 Å². The molecule has 0 N–H and O–H groups in total. The highest BCUT2D eigenvalue weighted by molar-refractivity contribution is 5.89. The van der Waals surface area contributed by atoms with E-state index in [1.165, 1.54) is 0 Å². The minimum atomic E-state index is -0.441. The predicted molar refractivity (Wildman–Crippen MR) is 74.5 cm³/mol. The molecule has 0 atom stereocenters. The summed E-state index contributed by atoms with van der Waals surface area (Å²) < 4.78 is 6.66. The molecule has 1 aromatic heterocycles. The van der Waals surface area contributed by atoms with Crippen molar-refractivity contribution in [2.45, 2.75) is 6.54 Å².